The predicted molar refractivity (Wildman–Crippen MR) is 145 cm³/mol. The maximum absolute atomic E-state index is 15.7. The topological polar surface area (TPSA) is 297 Å². The van der Waals surface area contributed by atoms with Gasteiger partial charge in [0.15, 0.2) is 35.4 Å². The van der Waals surface area contributed by atoms with Gasteiger partial charge in [-0.15, -0.1) is 0 Å². The van der Waals surface area contributed by atoms with E-state index in [4.69, 9.17) is 39.0 Å². The highest BCUT2D eigenvalue weighted by molar-refractivity contribution is 7.47. The molecule has 0 saturated carbocycles. The van der Waals surface area contributed by atoms with E-state index in [-0.39, 0.29) is 34.0 Å². The molecular formula is C21H24FN9O12P2. The van der Waals surface area contributed by atoms with Crippen LogP contribution in [0.25, 0.3) is 22.3 Å². The van der Waals surface area contributed by atoms with Crippen molar-refractivity contribution in [3.63, 3.8) is 0 Å². The zero-order chi connectivity index (χ0) is 31.8. The molecule has 3 aliphatic rings. The van der Waals surface area contributed by atoms with Crippen molar-refractivity contribution in [1.82, 2.24) is 34.1 Å². The van der Waals surface area contributed by atoms with Crippen molar-refractivity contribution in [2.24, 2.45) is 0 Å². The van der Waals surface area contributed by atoms with Crippen molar-refractivity contribution in [3.05, 3.63) is 35.3 Å². The second-order valence-electron chi connectivity index (χ2n) is 10.2. The first-order chi connectivity index (χ1) is 21.3. The number of phosphoric acid groups is 2. The number of fused-ring (bicyclic) bond motifs is 5. The summed E-state index contributed by atoms with van der Waals surface area (Å²) in [4.78, 5) is 51.9. The molecule has 0 amide bonds. The zero-order valence-electron chi connectivity index (χ0n) is 22.5. The summed E-state index contributed by atoms with van der Waals surface area (Å²) in [6.07, 6.45) is -10.1. The Morgan fingerprint density at radius 3 is 2.27 bits per heavy atom. The molecule has 24 heteroatoms. The first-order valence-corrected chi connectivity index (χ1v) is 16.0. The average Bonchev–Trinajstić information content (AvgIpc) is 3.72. The number of hydrogen-bond donors (Lipinski definition) is 6. The minimum absolute atomic E-state index is 0.180. The number of nitrogen functional groups attached to an aromatic ring is 2. The summed E-state index contributed by atoms with van der Waals surface area (Å²) >= 11 is 0. The Morgan fingerprint density at radius 1 is 0.911 bits per heavy atom. The molecule has 7 heterocycles. The first kappa shape index (κ1) is 30.3. The van der Waals surface area contributed by atoms with Crippen molar-refractivity contribution in [3.8, 4) is 0 Å². The highest BCUT2D eigenvalue weighted by atomic mass is 31.2. The van der Waals surface area contributed by atoms with E-state index < -0.39 is 83.6 Å². The molecule has 3 aliphatic heterocycles. The molecule has 2 bridgehead atoms. The third-order valence-electron chi connectivity index (χ3n) is 7.38. The third-order valence-corrected chi connectivity index (χ3v) is 9.35. The van der Waals surface area contributed by atoms with E-state index >= 15 is 4.39 Å². The lowest BCUT2D eigenvalue weighted by molar-refractivity contribution is -0.0671. The summed E-state index contributed by atoms with van der Waals surface area (Å²) in [6, 6.07) is 1.50. The minimum Gasteiger partial charge on any atom is -0.397 e. The van der Waals surface area contributed by atoms with Gasteiger partial charge in [0.25, 0.3) is 5.56 Å². The van der Waals surface area contributed by atoms with Crippen LogP contribution in [-0.4, -0.2) is 98.9 Å². The van der Waals surface area contributed by atoms with Gasteiger partial charge in [0.05, 0.1) is 31.6 Å². The van der Waals surface area contributed by atoms with E-state index in [1.165, 1.54) is 23.2 Å². The van der Waals surface area contributed by atoms with Crippen LogP contribution in [0.1, 0.15) is 12.5 Å². The van der Waals surface area contributed by atoms with Crippen LogP contribution in [0.4, 0.5) is 16.0 Å². The van der Waals surface area contributed by atoms with Gasteiger partial charge in [0.1, 0.15) is 36.0 Å². The molecule has 10 atom stereocenters. The second kappa shape index (κ2) is 10.9. The summed E-state index contributed by atoms with van der Waals surface area (Å²) in [5.74, 6) is -0.312. The zero-order valence-corrected chi connectivity index (χ0v) is 24.3. The molecule has 21 nitrogen and oxygen atoms in total. The van der Waals surface area contributed by atoms with Gasteiger partial charge in [-0.25, -0.2) is 28.5 Å². The van der Waals surface area contributed by atoms with Gasteiger partial charge in [0.2, 0.25) is 5.95 Å². The Balaban J connectivity index is 1.21. The molecular weight excluding hydrogens is 651 g/mol. The fourth-order valence-electron chi connectivity index (χ4n) is 5.35. The van der Waals surface area contributed by atoms with Gasteiger partial charge >= 0.3 is 15.6 Å². The monoisotopic (exact) mass is 675 g/mol. The number of imidazole rings is 2. The van der Waals surface area contributed by atoms with Crippen molar-refractivity contribution in [2.75, 3.05) is 24.7 Å². The number of halogens is 1. The molecule has 7 rings (SSSR count). The van der Waals surface area contributed by atoms with E-state index in [1.807, 2.05) is 0 Å². The smallest absolute Gasteiger partial charge is 0.397 e. The first-order valence-electron chi connectivity index (χ1n) is 13.1. The van der Waals surface area contributed by atoms with Crippen LogP contribution in [-0.2, 0) is 36.7 Å². The highest BCUT2D eigenvalue weighted by Crippen LogP contribution is 2.54. The lowest BCUT2D eigenvalue weighted by atomic mass is 10.1. The van der Waals surface area contributed by atoms with Crippen molar-refractivity contribution in [1.29, 1.82) is 0 Å². The number of alkyl halides is 1. The summed E-state index contributed by atoms with van der Waals surface area (Å²) in [5.41, 5.74) is 11.2. The van der Waals surface area contributed by atoms with Gasteiger partial charge in [0, 0.05) is 6.20 Å². The number of aromatic nitrogens is 7. The third kappa shape index (κ3) is 5.32. The van der Waals surface area contributed by atoms with Crippen LogP contribution in [0.15, 0.2) is 29.7 Å². The Kier molecular flexibility index (Phi) is 7.30. The fourth-order valence-corrected chi connectivity index (χ4v) is 7.24. The van der Waals surface area contributed by atoms with Crippen molar-refractivity contribution < 1.29 is 56.0 Å². The second-order valence-corrected chi connectivity index (χ2v) is 13.0. The standard InChI is InChI=1S/C21H24FN9O12P2/c22-10-8-3-38-44(34,35)42-14-9(41-19(13(14)32)30-5-26-11-7(23)1-2-25-16(11)30)4-39-45(36,37)43-15(10)20(40-8)31-6-27-12-17(31)28-21(24)29-18(12)33/h1-2,5-6,8-10,13-15,19-20,32H,3-4H2,(H2,23,25)(H,34,35)(H,36,37)(H3,24,28,29,33)/t8-,9-,10+,13-,14-,15-,19-,20-/m1/s1. The maximum Gasteiger partial charge on any atom is 0.472 e. The minimum atomic E-state index is -5.19. The number of phosphoric ester groups is 2. The van der Waals surface area contributed by atoms with E-state index in [1.54, 1.807) is 0 Å². The fraction of sp³-hybridized carbons (Fsp3) is 0.476. The number of anilines is 2. The number of aliphatic hydroxyl groups excluding tert-OH is 1. The molecule has 0 aromatic carbocycles. The number of H-pyrrole nitrogens is 1. The predicted octanol–water partition coefficient (Wildman–Crippen LogP) is -0.759. The number of nitrogens with one attached hydrogen (secondary N) is 1. The molecule has 0 spiro atoms. The Bertz CT molecular complexity index is 1940. The van der Waals surface area contributed by atoms with Crippen LogP contribution in [0.2, 0.25) is 0 Å². The Hall–Kier alpha value is -3.40. The molecule has 4 aromatic heterocycles. The largest absolute Gasteiger partial charge is 0.472 e. The van der Waals surface area contributed by atoms with E-state index in [0.717, 1.165) is 10.9 Å². The highest BCUT2D eigenvalue weighted by Gasteiger charge is 2.54. The summed E-state index contributed by atoms with van der Waals surface area (Å²) in [6.45, 7) is -1.80. The molecule has 8 N–H and O–H groups in total. The molecule has 45 heavy (non-hydrogen) atoms. The summed E-state index contributed by atoms with van der Waals surface area (Å²) < 4.78 is 76.2. The number of aliphatic hydroxyl groups is 1. The van der Waals surface area contributed by atoms with E-state index in [9.17, 15) is 28.8 Å². The number of nitrogens with two attached hydrogens (primary N) is 2. The summed E-state index contributed by atoms with van der Waals surface area (Å²) in [7, 11) is -10.3. The van der Waals surface area contributed by atoms with Crippen LogP contribution in [0, 0.1) is 0 Å². The van der Waals surface area contributed by atoms with E-state index in [2.05, 4.69) is 24.9 Å². The van der Waals surface area contributed by atoms with Gasteiger partial charge in [-0.2, -0.15) is 4.98 Å². The maximum atomic E-state index is 15.7. The lowest BCUT2D eigenvalue weighted by Crippen LogP contribution is -2.36. The Morgan fingerprint density at radius 2 is 1.53 bits per heavy atom. The molecule has 2 unspecified atom stereocenters. The number of pyridine rings is 1. The number of ether oxygens (including phenoxy) is 2. The molecule has 3 saturated heterocycles. The van der Waals surface area contributed by atoms with Crippen molar-refractivity contribution in [2.45, 2.75) is 49.1 Å². The van der Waals surface area contributed by atoms with E-state index in [0.29, 0.717) is 0 Å². The molecule has 0 radical (unpaired) electrons. The quantitative estimate of drug-likeness (QED) is 0.142. The van der Waals surface area contributed by atoms with Crippen LogP contribution >= 0.6 is 15.6 Å². The normalized spacial score (nSPS) is 37.7. The van der Waals surface area contributed by atoms with Gasteiger partial charge in [-0.3, -0.25) is 37.0 Å². The molecule has 4 aromatic rings. The van der Waals surface area contributed by atoms with Gasteiger partial charge < -0.3 is 35.8 Å². The lowest BCUT2D eigenvalue weighted by Gasteiger charge is -2.25. The number of hydrogen-bond acceptors (Lipinski definition) is 16. The van der Waals surface area contributed by atoms with Gasteiger partial charge in [-0.1, -0.05) is 0 Å². The van der Waals surface area contributed by atoms with Crippen LogP contribution in [0.5, 0.6) is 0 Å². The molecule has 0 aliphatic carbocycles. The molecule has 3 fully saturated rings. The van der Waals surface area contributed by atoms with Gasteiger partial charge in [-0.05, 0) is 6.07 Å². The SMILES string of the molecule is Nc1nc2c(ncn2[C@@H]2O[C@@H]3COP(=O)(O)O[C@H]4[C@@H](O)[C@H](n5cnc6c(N)ccnc65)O[C@@H]4COP(=O)(O)O[C@@H]2[C@H]3F)c(=O)[nH]1. The Labute approximate surface area is 249 Å². The molecule has 242 valence electrons. The number of aromatic amines is 1. The van der Waals surface area contributed by atoms with Crippen LogP contribution < -0.4 is 17.0 Å². The number of rotatable bonds is 2. The number of nitrogens with zero attached hydrogens (tertiary/aromatic N) is 6. The van der Waals surface area contributed by atoms with Crippen molar-refractivity contribution >= 4 is 49.6 Å². The summed E-state index contributed by atoms with van der Waals surface area (Å²) in [5, 5.41) is 11.1. The average molecular weight is 675 g/mol. The van der Waals surface area contributed by atoms with Crippen LogP contribution in [0.3, 0.4) is 0 Å².